The highest BCUT2D eigenvalue weighted by atomic mass is 35.5. The highest BCUT2D eigenvalue weighted by Crippen LogP contribution is 2.28. The number of nitrogens with zero attached hydrogens (tertiary/aromatic N) is 2. The van der Waals surface area contributed by atoms with E-state index in [2.05, 4.69) is 5.32 Å². The van der Waals surface area contributed by atoms with Crippen LogP contribution in [0.4, 0.5) is 11.4 Å². The zero-order valence-corrected chi connectivity index (χ0v) is 17.5. The van der Waals surface area contributed by atoms with Crippen LogP contribution in [0.2, 0.25) is 10.0 Å². The van der Waals surface area contributed by atoms with Crippen molar-refractivity contribution in [2.24, 2.45) is 0 Å². The molecule has 2 aromatic carbocycles. The van der Waals surface area contributed by atoms with Gasteiger partial charge in [-0.1, -0.05) is 29.3 Å². The molecule has 10 heteroatoms. The fourth-order valence-corrected chi connectivity index (χ4v) is 2.84. The van der Waals surface area contributed by atoms with E-state index in [1.807, 2.05) is 0 Å². The summed E-state index contributed by atoms with van der Waals surface area (Å²) < 4.78 is 4.97. The second-order valence-corrected chi connectivity index (χ2v) is 7.21. The maximum Gasteiger partial charge on any atom is 0.338 e. The third-order valence-electron chi connectivity index (χ3n) is 4.05. The molecule has 0 aliphatic heterocycles. The molecule has 0 saturated heterocycles. The Balaban J connectivity index is 1.99. The van der Waals surface area contributed by atoms with Crippen molar-refractivity contribution < 1.29 is 19.2 Å². The number of nitrogens with one attached hydrogen (secondary N) is 1. The molecule has 2 rings (SSSR count). The standard InChI is InChI=1S/C19H19Cl2N3O5/c1-11(12-4-6-14(20)15(21)8-12)22-18(25)10-29-19(26)13-5-7-16(23(2)3)17(9-13)24(27)28/h4-9,11H,10H2,1-3H3,(H,22,25). The molecule has 0 aliphatic carbocycles. The average Bonchev–Trinajstić information content (AvgIpc) is 2.67. The van der Waals surface area contributed by atoms with Crippen LogP contribution in [0.15, 0.2) is 36.4 Å². The summed E-state index contributed by atoms with van der Waals surface area (Å²) >= 11 is 11.8. The maximum absolute atomic E-state index is 12.2. The lowest BCUT2D eigenvalue weighted by Gasteiger charge is -2.15. The predicted octanol–water partition coefficient (Wildman–Crippen LogP) is 4.00. The number of nitro benzene ring substituents is 1. The first-order valence-corrected chi connectivity index (χ1v) is 9.23. The van der Waals surface area contributed by atoms with Gasteiger partial charge in [0.1, 0.15) is 5.69 Å². The second kappa shape index (κ2) is 9.58. The first-order chi connectivity index (χ1) is 13.6. The molecule has 0 bridgehead atoms. The van der Waals surface area contributed by atoms with E-state index >= 15 is 0 Å². The highest BCUT2D eigenvalue weighted by molar-refractivity contribution is 6.42. The fourth-order valence-electron chi connectivity index (χ4n) is 2.54. The molecule has 1 unspecified atom stereocenters. The van der Waals surface area contributed by atoms with Gasteiger partial charge in [0.25, 0.3) is 11.6 Å². The summed E-state index contributed by atoms with van der Waals surface area (Å²) in [4.78, 5) is 36.4. The topological polar surface area (TPSA) is 102 Å². The van der Waals surface area contributed by atoms with E-state index in [1.54, 1.807) is 44.1 Å². The van der Waals surface area contributed by atoms with E-state index in [9.17, 15) is 19.7 Å². The van der Waals surface area contributed by atoms with E-state index in [0.29, 0.717) is 15.7 Å². The van der Waals surface area contributed by atoms with Crippen LogP contribution in [0.5, 0.6) is 0 Å². The Labute approximate surface area is 177 Å². The van der Waals surface area contributed by atoms with Gasteiger partial charge in [0.15, 0.2) is 6.61 Å². The number of amides is 1. The van der Waals surface area contributed by atoms with Crippen molar-refractivity contribution >= 4 is 46.5 Å². The summed E-state index contributed by atoms with van der Waals surface area (Å²) in [6.45, 7) is 1.20. The lowest BCUT2D eigenvalue weighted by atomic mass is 10.1. The molecule has 1 atom stereocenters. The van der Waals surface area contributed by atoms with Crippen LogP contribution in [0, 0.1) is 10.1 Å². The fraction of sp³-hybridized carbons (Fsp3) is 0.263. The summed E-state index contributed by atoms with van der Waals surface area (Å²) in [5.74, 6) is -1.37. The van der Waals surface area contributed by atoms with Gasteiger partial charge >= 0.3 is 5.97 Å². The molecule has 8 nitrogen and oxygen atoms in total. The van der Waals surface area contributed by atoms with E-state index < -0.39 is 29.4 Å². The van der Waals surface area contributed by atoms with Gasteiger partial charge in [0.2, 0.25) is 0 Å². The summed E-state index contributed by atoms with van der Waals surface area (Å²) in [5.41, 5.74) is 0.823. The zero-order valence-electron chi connectivity index (χ0n) is 15.9. The Morgan fingerprint density at radius 1 is 1.17 bits per heavy atom. The van der Waals surface area contributed by atoms with Crippen molar-refractivity contribution in [2.45, 2.75) is 13.0 Å². The number of anilines is 1. The van der Waals surface area contributed by atoms with Crippen LogP contribution in [0.3, 0.4) is 0 Å². The van der Waals surface area contributed by atoms with E-state index in [-0.39, 0.29) is 11.3 Å². The molecule has 1 amide bonds. The van der Waals surface area contributed by atoms with Crippen LogP contribution >= 0.6 is 23.2 Å². The van der Waals surface area contributed by atoms with Crippen LogP contribution in [-0.4, -0.2) is 37.5 Å². The normalized spacial score (nSPS) is 11.5. The minimum absolute atomic E-state index is 0.0207. The van der Waals surface area contributed by atoms with Gasteiger partial charge in [-0.05, 0) is 36.8 Å². The Kier molecular flexibility index (Phi) is 7.41. The third-order valence-corrected chi connectivity index (χ3v) is 4.78. The second-order valence-electron chi connectivity index (χ2n) is 6.39. The van der Waals surface area contributed by atoms with Gasteiger partial charge in [-0.15, -0.1) is 0 Å². The van der Waals surface area contributed by atoms with Crippen molar-refractivity contribution in [1.29, 1.82) is 0 Å². The summed E-state index contributed by atoms with van der Waals surface area (Å²) in [6, 6.07) is 8.54. The molecule has 2 aromatic rings. The Morgan fingerprint density at radius 2 is 1.86 bits per heavy atom. The van der Waals surface area contributed by atoms with Crippen molar-refractivity contribution in [3.05, 3.63) is 67.7 Å². The van der Waals surface area contributed by atoms with Gasteiger partial charge in [-0.25, -0.2) is 4.79 Å². The highest BCUT2D eigenvalue weighted by Gasteiger charge is 2.20. The number of carbonyl (C=O) groups excluding carboxylic acids is 2. The van der Waals surface area contributed by atoms with Crippen LogP contribution < -0.4 is 10.2 Å². The number of hydrogen-bond acceptors (Lipinski definition) is 6. The predicted molar refractivity (Wildman–Crippen MR) is 111 cm³/mol. The molecular formula is C19H19Cl2N3O5. The Morgan fingerprint density at radius 3 is 2.45 bits per heavy atom. The first-order valence-electron chi connectivity index (χ1n) is 8.47. The number of rotatable bonds is 7. The SMILES string of the molecule is CC(NC(=O)COC(=O)c1ccc(N(C)C)c([N+](=O)[O-])c1)c1ccc(Cl)c(Cl)c1. The van der Waals surface area contributed by atoms with Crippen LogP contribution in [-0.2, 0) is 9.53 Å². The molecule has 0 aromatic heterocycles. The maximum atomic E-state index is 12.2. The van der Waals surface area contributed by atoms with Crippen molar-refractivity contribution in [2.75, 3.05) is 25.6 Å². The number of nitro groups is 1. The lowest BCUT2D eigenvalue weighted by Crippen LogP contribution is -2.31. The summed E-state index contributed by atoms with van der Waals surface area (Å²) in [6.07, 6.45) is 0. The lowest BCUT2D eigenvalue weighted by molar-refractivity contribution is -0.384. The van der Waals surface area contributed by atoms with E-state index in [1.165, 1.54) is 12.1 Å². The number of ether oxygens (including phenoxy) is 1. The number of hydrogen-bond donors (Lipinski definition) is 1. The number of halogens is 2. The Bertz CT molecular complexity index is 949. The van der Waals surface area contributed by atoms with Crippen LogP contribution in [0.25, 0.3) is 0 Å². The summed E-state index contributed by atoms with van der Waals surface area (Å²) in [5, 5.41) is 14.6. The number of benzene rings is 2. The van der Waals surface area contributed by atoms with Gasteiger partial charge in [0, 0.05) is 20.2 Å². The average molecular weight is 440 g/mol. The van der Waals surface area contributed by atoms with Crippen molar-refractivity contribution in [3.63, 3.8) is 0 Å². The summed E-state index contributed by atoms with van der Waals surface area (Å²) in [7, 11) is 3.30. The smallest absolute Gasteiger partial charge is 0.338 e. The van der Waals surface area contributed by atoms with Gasteiger partial charge < -0.3 is 15.0 Å². The molecular weight excluding hydrogens is 421 g/mol. The van der Waals surface area contributed by atoms with Gasteiger partial charge in [-0.3, -0.25) is 14.9 Å². The molecule has 0 fully saturated rings. The first kappa shape index (κ1) is 22.4. The minimum Gasteiger partial charge on any atom is -0.452 e. The molecule has 0 saturated carbocycles. The largest absolute Gasteiger partial charge is 0.452 e. The van der Waals surface area contributed by atoms with Crippen molar-refractivity contribution in [3.8, 4) is 0 Å². The van der Waals surface area contributed by atoms with Crippen LogP contribution in [0.1, 0.15) is 28.9 Å². The third kappa shape index (κ3) is 5.82. The quantitative estimate of drug-likeness (QED) is 0.397. The molecule has 0 radical (unpaired) electrons. The van der Waals surface area contributed by atoms with E-state index in [0.717, 1.165) is 11.6 Å². The molecule has 29 heavy (non-hydrogen) atoms. The molecule has 0 heterocycles. The zero-order chi connectivity index (χ0) is 21.7. The minimum atomic E-state index is -0.837. The molecule has 154 valence electrons. The molecule has 1 N–H and O–H groups in total. The molecule has 0 aliphatic rings. The van der Waals surface area contributed by atoms with Gasteiger partial charge in [-0.2, -0.15) is 0 Å². The molecule has 0 spiro atoms. The number of esters is 1. The van der Waals surface area contributed by atoms with Crippen molar-refractivity contribution in [1.82, 2.24) is 5.32 Å². The van der Waals surface area contributed by atoms with E-state index in [4.69, 9.17) is 27.9 Å². The van der Waals surface area contributed by atoms with Gasteiger partial charge in [0.05, 0.1) is 26.6 Å². The Hall–Kier alpha value is -2.84. The number of carbonyl (C=O) groups is 2. The monoisotopic (exact) mass is 439 g/mol.